The molecule has 0 saturated heterocycles. The molecule has 0 saturated carbocycles. The fourth-order valence-electron chi connectivity index (χ4n) is 3.92. The summed E-state index contributed by atoms with van der Waals surface area (Å²) >= 11 is 0. The summed E-state index contributed by atoms with van der Waals surface area (Å²) in [5.74, 6) is -0.617. The van der Waals surface area contributed by atoms with Crippen LogP contribution >= 0.6 is 0 Å². The van der Waals surface area contributed by atoms with Gasteiger partial charge in [-0.1, -0.05) is 48.0 Å². The van der Waals surface area contributed by atoms with Crippen LogP contribution in [0.15, 0.2) is 66.7 Å². The SMILES string of the molecule is Cc1ccc(-c2ccc3c(c2)CN(c2ccc(C(C)C(=O)OC(C)(C)C)cc2)C3=O)cc1. The lowest BCUT2D eigenvalue weighted by Crippen LogP contribution is -2.27. The van der Waals surface area contributed by atoms with E-state index >= 15 is 0 Å². The van der Waals surface area contributed by atoms with Crippen molar-refractivity contribution in [1.29, 1.82) is 0 Å². The van der Waals surface area contributed by atoms with Crippen LogP contribution in [0.25, 0.3) is 11.1 Å². The van der Waals surface area contributed by atoms with E-state index in [1.54, 1.807) is 4.90 Å². The highest BCUT2D eigenvalue weighted by Gasteiger charge is 2.29. The molecule has 4 heteroatoms. The zero-order valence-electron chi connectivity index (χ0n) is 19.3. The molecule has 0 N–H and O–H groups in total. The third-order valence-corrected chi connectivity index (χ3v) is 5.76. The van der Waals surface area contributed by atoms with Crippen LogP contribution in [0.2, 0.25) is 0 Å². The van der Waals surface area contributed by atoms with Gasteiger partial charge < -0.3 is 9.64 Å². The number of aryl methyl sites for hydroxylation is 1. The topological polar surface area (TPSA) is 46.6 Å². The van der Waals surface area contributed by atoms with Crippen LogP contribution < -0.4 is 4.90 Å². The normalized spacial score (nSPS) is 14.3. The molecule has 3 aromatic carbocycles. The van der Waals surface area contributed by atoms with Crippen molar-refractivity contribution in [3.8, 4) is 11.1 Å². The maximum Gasteiger partial charge on any atom is 0.313 e. The smallest absolute Gasteiger partial charge is 0.313 e. The Bertz CT molecular complexity index is 1150. The largest absolute Gasteiger partial charge is 0.460 e. The predicted octanol–water partition coefficient (Wildman–Crippen LogP) is 6.27. The molecule has 1 amide bonds. The van der Waals surface area contributed by atoms with Crippen LogP contribution in [0.4, 0.5) is 5.69 Å². The van der Waals surface area contributed by atoms with Gasteiger partial charge in [0.25, 0.3) is 5.91 Å². The Morgan fingerprint density at radius 1 is 0.938 bits per heavy atom. The molecular weight excluding hydrogens is 398 g/mol. The number of carbonyl (C=O) groups is 2. The summed E-state index contributed by atoms with van der Waals surface area (Å²) in [6.07, 6.45) is 0. The van der Waals surface area contributed by atoms with Gasteiger partial charge in [-0.2, -0.15) is 0 Å². The van der Waals surface area contributed by atoms with Gasteiger partial charge in [-0.15, -0.1) is 0 Å². The number of anilines is 1. The zero-order valence-corrected chi connectivity index (χ0v) is 19.3. The number of hydrogen-bond acceptors (Lipinski definition) is 3. The highest BCUT2D eigenvalue weighted by Crippen LogP contribution is 2.32. The minimum absolute atomic E-state index is 0.00315. The second kappa shape index (κ2) is 8.27. The van der Waals surface area contributed by atoms with Crippen molar-refractivity contribution in [2.45, 2.75) is 52.7 Å². The van der Waals surface area contributed by atoms with E-state index in [1.807, 2.05) is 64.1 Å². The van der Waals surface area contributed by atoms with Crippen LogP contribution in [0.1, 0.15) is 60.7 Å². The Morgan fingerprint density at radius 3 is 2.19 bits per heavy atom. The number of carbonyl (C=O) groups excluding carboxylic acids is 2. The molecule has 1 unspecified atom stereocenters. The molecule has 0 fully saturated rings. The van der Waals surface area contributed by atoms with Crippen molar-refractivity contribution in [1.82, 2.24) is 0 Å². The maximum atomic E-state index is 13.0. The Hall–Kier alpha value is -3.40. The van der Waals surface area contributed by atoms with Gasteiger partial charge in [0.05, 0.1) is 12.5 Å². The zero-order chi connectivity index (χ0) is 23.0. The highest BCUT2D eigenvalue weighted by atomic mass is 16.6. The van der Waals surface area contributed by atoms with Gasteiger partial charge in [0, 0.05) is 11.3 Å². The molecule has 32 heavy (non-hydrogen) atoms. The Balaban J connectivity index is 1.52. The predicted molar refractivity (Wildman–Crippen MR) is 128 cm³/mol. The quantitative estimate of drug-likeness (QED) is 0.461. The second-order valence-electron chi connectivity index (χ2n) is 9.48. The van der Waals surface area contributed by atoms with E-state index in [9.17, 15) is 9.59 Å². The van der Waals surface area contributed by atoms with Crippen molar-refractivity contribution in [3.63, 3.8) is 0 Å². The van der Waals surface area contributed by atoms with E-state index in [4.69, 9.17) is 4.74 Å². The lowest BCUT2D eigenvalue weighted by molar-refractivity contribution is -0.156. The summed E-state index contributed by atoms with van der Waals surface area (Å²) in [4.78, 5) is 27.2. The molecular formula is C28H29NO3. The Morgan fingerprint density at radius 2 is 1.56 bits per heavy atom. The summed E-state index contributed by atoms with van der Waals surface area (Å²) in [7, 11) is 0. The summed E-state index contributed by atoms with van der Waals surface area (Å²) in [6, 6.07) is 22.1. The molecule has 0 radical (unpaired) electrons. The number of ether oxygens (including phenoxy) is 1. The molecule has 3 aromatic rings. The van der Waals surface area contributed by atoms with Crippen molar-refractivity contribution in [3.05, 3.63) is 89.0 Å². The summed E-state index contributed by atoms with van der Waals surface area (Å²) < 4.78 is 5.49. The number of benzene rings is 3. The molecule has 0 aromatic heterocycles. The highest BCUT2D eigenvalue weighted by molar-refractivity contribution is 6.10. The third-order valence-electron chi connectivity index (χ3n) is 5.76. The molecule has 0 spiro atoms. The first-order chi connectivity index (χ1) is 15.1. The minimum Gasteiger partial charge on any atom is -0.460 e. The molecule has 1 aliphatic heterocycles. The van der Waals surface area contributed by atoms with Crippen molar-refractivity contribution >= 4 is 17.6 Å². The lowest BCUT2D eigenvalue weighted by Gasteiger charge is -2.23. The Labute approximate surface area is 189 Å². The van der Waals surface area contributed by atoms with Crippen LogP contribution in [0.5, 0.6) is 0 Å². The van der Waals surface area contributed by atoms with Crippen molar-refractivity contribution < 1.29 is 14.3 Å². The summed E-state index contributed by atoms with van der Waals surface area (Å²) in [5, 5.41) is 0. The molecule has 164 valence electrons. The Kier molecular flexibility index (Phi) is 5.64. The number of rotatable bonds is 4. The average molecular weight is 428 g/mol. The molecule has 4 nitrogen and oxygen atoms in total. The maximum absolute atomic E-state index is 13.0. The summed E-state index contributed by atoms with van der Waals surface area (Å²) in [5.41, 5.74) is 6.42. The third kappa shape index (κ3) is 4.45. The van der Waals surface area contributed by atoms with E-state index in [2.05, 4.69) is 37.3 Å². The van der Waals surface area contributed by atoms with Crippen LogP contribution in [-0.4, -0.2) is 17.5 Å². The fraction of sp³-hybridized carbons (Fsp3) is 0.286. The number of nitrogens with zero attached hydrogens (tertiary/aromatic N) is 1. The average Bonchev–Trinajstić information content (AvgIpc) is 3.08. The first kappa shape index (κ1) is 21.8. The number of hydrogen-bond donors (Lipinski definition) is 0. The molecule has 1 heterocycles. The van der Waals surface area contributed by atoms with Gasteiger partial charge in [0.2, 0.25) is 0 Å². The number of amides is 1. The molecule has 0 aliphatic carbocycles. The van der Waals surface area contributed by atoms with E-state index in [-0.39, 0.29) is 17.8 Å². The minimum atomic E-state index is -0.517. The van der Waals surface area contributed by atoms with Crippen LogP contribution in [0.3, 0.4) is 0 Å². The fourth-order valence-corrected chi connectivity index (χ4v) is 3.92. The van der Waals surface area contributed by atoms with E-state index in [1.165, 1.54) is 5.56 Å². The van der Waals surface area contributed by atoms with Crippen LogP contribution in [0, 0.1) is 6.92 Å². The van der Waals surface area contributed by atoms with Crippen molar-refractivity contribution in [2.24, 2.45) is 0 Å². The number of fused-ring (bicyclic) bond motifs is 1. The molecule has 1 aliphatic rings. The van der Waals surface area contributed by atoms with Crippen LogP contribution in [-0.2, 0) is 16.1 Å². The first-order valence-corrected chi connectivity index (χ1v) is 11.0. The molecule has 4 rings (SSSR count). The lowest BCUT2D eigenvalue weighted by atomic mass is 10.00. The standard InChI is InChI=1S/C28H29NO3/c1-18-6-8-21(9-7-18)22-12-15-25-23(16-22)17-29(26(25)30)24-13-10-20(11-14-24)19(2)27(31)32-28(3,4)5/h6-16,19H,17H2,1-5H3. The monoisotopic (exact) mass is 427 g/mol. The van der Waals surface area contributed by atoms with Crippen molar-refractivity contribution in [2.75, 3.05) is 4.90 Å². The molecule has 1 atom stereocenters. The van der Waals surface area contributed by atoms with E-state index < -0.39 is 5.60 Å². The van der Waals surface area contributed by atoms with Gasteiger partial charge in [0.15, 0.2) is 0 Å². The first-order valence-electron chi connectivity index (χ1n) is 11.0. The van der Waals surface area contributed by atoms with Gasteiger partial charge in [-0.05, 0) is 81.1 Å². The van der Waals surface area contributed by atoms with Gasteiger partial charge >= 0.3 is 5.97 Å². The number of esters is 1. The van der Waals surface area contributed by atoms with Gasteiger partial charge in [0.1, 0.15) is 5.60 Å². The van der Waals surface area contributed by atoms with Gasteiger partial charge in [-0.3, -0.25) is 9.59 Å². The van der Waals surface area contributed by atoms with E-state index in [0.717, 1.165) is 33.5 Å². The van der Waals surface area contributed by atoms with E-state index in [0.29, 0.717) is 6.54 Å². The summed E-state index contributed by atoms with van der Waals surface area (Å²) in [6.45, 7) is 10.0. The molecule has 0 bridgehead atoms. The second-order valence-corrected chi connectivity index (χ2v) is 9.48. The van der Waals surface area contributed by atoms with Gasteiger partial charge in [-0.25, -0.2) is 0 Å².